The number of ether oxygens (including phenoxy) is 2. The van der Waals surface area contributed by atoms with Crippen molar-refractivity contribution in [3.63, 3.8) is 0 Å². The second-order valence-electron chi connectivity index (χ2n) is 5.30. The lowest BCUT2D eigenvalue weighted by molar-refractivity contribution is -0.0875. The van der Waals surface area contributed by atoms with E-state index in [4.69, 9.17) is 21.1 Å². The summed E-state index contributed by atoms with van der Waals surface area (Å²) in [5.74, 6) is 0.579. The Morgan fingerprint density at radius 2 is 2.06 bits per heavy atom. The van der Waals surface area contributed by atoms with Crippen molar-refractivity contribution < 1.29 is 9.47 Å². The summed E-state index contributed by atoms with van der Waals surface area (Å²) in [5.41, 5.74) is 0. The summed E-state index contributed by atoms with van der Waals surface area (Å²) in [5, 5.41) is 0. The summed E-state index contributed by atoms with van der Waals surface area (Å²) in [6.07, 6.45) is 0.504. The third-order valence-corrected chi connectivity index (χ3v) is 4.26. The van der Waals surface area contributed by atoms with Crippen LogP contribution in [-0.2, 0) is 9.47 Å². The minimum Gasteiger partial charge on any atom is -0.374 e. The lowest BCUT2D eigenvalue weighted by Gasteiger charge is -2.41. The third kappa shape index (κ3) is 3.81. The highest BCUT2D eigenvalue weighted by molar-refractivity contribution is 6.18. The summed E-state index contributed by atoms with van der Waals surface area (Å²) in [7, 11) is 0. The van der Waals surface area contributed by atoms with Gasteiger partial charge in [-0.1, -0.05) is 6.92 Å². The first kappa shape index (κ1) is 14.5. The van der Waals surface area contributed by atoms with Gasteiger partial charge in [-0.25, -0.2) is 0 Å². The molecule has 2 aliphatic heterocycles. The standard InChI is InChI=1S/C13H25ClN2O2/c1-3-15-4-5-17-13(7-15)9-16-8-12(6-14)18-10-11(16)2/h11-13H,3-10H2,1-2H3. The molecular weight excluding hydrogens is 252 g/mol. The van der Waals surface area contributed by atoms with Gasteiger partial charge in [0.15, 0.2) is 0 Å². The number of likely N-dealkylation sites (N-methyl/N-ethyl adjacent to an activating group) is 1. The molecule has 3 unspecified atom stereocenters. The second kappa shape index (κ2) is 7.06. The fourth-order valence-corrected chi connectivity index (χ4v) is 2.85. The Balaban J connectivity index is 1.83. The smallest absolute Gasteiger partial charge is 0.0837 e. The summed E-state index contributed by atoms with van der Waals surface area (Å²) in [6, 6.07) is 0.463. The van der Waals surface area contributed by atoms with Crippen molar-refractivity contribution in [2.45, 2.75) is 32.1 Å². The van der Waals surface area contributed by atoms with Crippen LogP contribution in [0.5, 0.6) is 0 Å². The van der Waals surface area contributed by atoms with Gasteiger partial charge in [0.1, 0.15) is 0 Å². The molecule has 0 N–H and O–H groups in total. The summed E-state index contributed by atoms with van der Waals surface area (Å²) >= 11 is 5.89. The van der Waals surface area contributed by atoms with Crippen molar-refractivity contribution in [3.05, 3.63) is 0 Å². The van der Waals surface area contributed by atoms with E-state index >= 15 is 0 Å². The number of alkyl halides is 1. The molecule has 3 atom stereocenters. The van der Waals surface area contributed by atoms with Crippen LogP contribution in [0.3, 0.4) is 0 Å². The van der Waals surface area contributed by atoms with Crippen LogP contribution in [-0.4, -0.2) is 79.9 Å². The number of rotatable bonds is 4. The number of nitrogens with zero attached hydrogens (tertiary/aromatic N) is 2. The molecule has 5 heteroatoms. The summed E-state index contributed by atoms with van der Waals surface area (Å²) < 4.78 is 11.5. The highest BCUT2D eigenvalue weighted by atomic mass is 35.5. The van der Waals surface area contributed by atoms with E-state index in [-0.39, 0.29) is 6.10 Å². The fraction of sp³-hybridized carbons (Fsp3) is 1.00. The van der Waals surface area contributed by atoms with Gasteiger partial charge in [0.05, 0.1) is 25.4 Å². The Labute approximate surface area is 115 Å². The lowest BCUT2D eigenvalue weighted by Crippen LogP contribution is -2.54. The predicted octanol–water partition coefficient (Wildman–Crippen LogP) is 1.04. The summed E-state index contributed by atoms with van der Waals surface area (Å²) in [6.45, 7) is 11.2. The Morgan fingerprint density at radius 3 is 2.78 bits per heavy atom. The maximum absolute atomic E-state index is 5.89. The minimum atomic E-state index is 0.175. The van der Waals surface area contributed by atoms with Gasteiger partial charge in [-0.05, 0) is 13.5 Å². The lowest BCUT2D eigenvalue weighted by atomic mass is 10.1. The van der Waals surface area contributed by atoms with Crippen LogP contribution in [0.15, 0.2) is 0 Å². The zero-order valence-electron chi connectivity index (χ0n) is 11.5. The highest BCUT2D eigenvalue weighted by Crippen LogP contribution is 2.15. The molecule has 0 aromatic rings. The van der Waals surface area contributed by atoms with Crippen LogP contribution in [0, 0.1) is 0 Å². The SMILES string of the molecule is CCN1CCOC(CN2CC(CCl)OCC2C)C1. The van der Waals surface area contributed by atoms with Crippen LogP contribution in [0.2, 0.25) is 0 Å². The molecule has 0 saturated carbocycles. The van der Waals surface area contributed by atoms with Gasteiger partial charge in [-0.2, -0.15) is 0 Å². The van der Waals surface area contributed by atoms with E-state index in [1.54, 1.807) is 0 Å². The van der Waals surface area contributed by atoms with Crippen LogP contribution >= 0.6 is 11.6 Å². The first-order valence-electron chi connectivity index (χ1n) is 6.98. The number of halogens is 1. The zero-order chi connectivity index (χ0) is 13.0. The molecule has 18 heavy (non-hydrogen) atoms. The van der Waals surface area contributed by atoms with E-state index in [1.807, 2.05) is 0 Å². The van der Waals surface area contributed by atoms with Crippen LogP contribution in [0.1, 0.15) is 13.8 Å². The highest BCUT2D eigenvalue weighted by Gasteiger charge is 2.29. The molecule has 4 nitrogen and oxygen atoms in total. The van der Waals surface area contributed by atoms with Gasteiger partial charge in [-0.3, -0.25) is 9.80 Å². The molecule has 106 valence electrons. The Morgan fingerprint density at radius 1 is 1.22 bits per heavy atom. The quantitative estimate of drug-likeness (QED) is 0.717. The van der Waals surface area contributed by atoms with Gasteiger partial charge < -0.3 is 9.47 Å². The Hall–Kier alpha value is 0.130. The van der Waals surface area contributed by atoms with E-state index < -0.39 is 0 Å². The van der Waals surface area contributed by atoms with Crippen LogP contribution in [0.25, 0.3) is 0 Å². The number of hydrogen-bond donors (Lipinski definition) is 0. The van der Waals surface area contributed by atoms with E-state index in [2.05, 4.69) is 23.6 Å². The van der Waals surface area contributed by atoms with Crippen LogP contribution in [0.4, 0.5) is 0 Å². The van der Waals surface area contributed by atoms with Gasteiger partial charge in [0, 0.05) is 38.1 Å². The monoisotopic (exact) mass is 276 g/mol. The molecule has 0 radical (unpaired) electrons. The van der Waals surface area contributed by atoms with Gasteiger partial charge >= 0.3 is 0 Å². The molecule has 2 fully saturated rings. The van der Waals surface area contributed by atoms with Crippen molar-refractivity contribution in [3.8, 4) is 0 Å². The number of morpholine rings is 2. The van der Waals surface area contributed by atoms with Crippen molar-refractivity contribution in [2.24, 2.45) is 0 Å². The predicted molar refractivity (Wildman–Crippen MR) is 73.3 cm³/mol. The van der Waals surface area contributed by atoms with E-state index in [0.717, 1.165) is 45.9 Å². The molecule has 0 amide bonds. The molecule has 2 heterocycles. The molecule has 0 spiro atoms. The second-order valence-corrected chi connectivity index (χ2v) is 5.61. The summed E-state index contributed by atoms with van der Waals surface area (Å²) in [4.78, 5) is 4.92. The van der Waals surface area contributed by atoms with Gasteiger partial charge in [-0.15, -0.1) is 11.6 Å². The molecule has 2 rings (SSSR count). The van der Waals surface area contributed by atoms with Crippen molar-refractivity contribution in [1.82, 2.24) is 9.80 Å². The van der Waals surface area contributed by atoms with Gasteiger partial charge in [0.2, 0.25) is 0 Å². The van der Waals surface area contributed by atoms with Crippen molar-refractivity contribution in [1.29, 1.82) is 0 Å². The zero-order valence-corrected chi connectivity index (χ0v) is 12.2. The van der Waals surface area contributed by atoms with Crippen molar-refractivity contribution >= 4 is 11.6 Å². The normalized spacial score (nSPS) is 35.8. The van der Waals surface area contributed by atoms with Gasteiger partial charge in [0.25, 0.3) is 0 Å². The molecular formula is C13H25ClN2O2. The molecule has 0 aliphatic carbocycles. The van der Waals surface area contributed by atoms with E-state index in [0.29, 0.717) is 18.0 Å². The minimum absolute atomic E-state index is 0.175. The topological polar surface area (TPSA) is 24.9 Å². The molecule has 0 bridgehead atoms. The van der Waals surface area contributed by atoms with E-state index in [9.17, 15) is 0 Å². The first-order valence-corrected chi connectivity index (χ1v) is 7.52. The van der Waals surface area contributed by atoms with Crippen molar-refractivity contribution in [2.75, 3.05) is 51.8 Å². The number of hydrogen-bond acceptors (Lipinski definition) is 4. The Bertz CT molecular complexity index is 255. The van der Waals surface area contributed by atoms with Crippen LogP contribution < -0.4 is 0 Å². The fourth-order valence-electron chi connectivity index (χ4n) is 2.66. The van der Waals surface area contributed by atoms with E-state index in [1.165, 1.54) is 0 Å². The first-order chi connectivity index (χ1) is 8.72. The third-order valence-electron chi connectivity index (χ3n) is 3.91. The molecule has 2 saturated heterocycles. The largest absolute Gasteiger partial charge is 0.374 e. The molecule has 2 aliphatic rings. The molecule has 0 aromatic carbocycles. The molecule has 0 aromatic heterocycles. The maximum atomic E-state index is 5.89. The average Bonchev–Trinajstić information content (AvgIpc) is 2.41. The Kier molecular flexibility index (Phi) is 5.70. The average molecular weight is 277 g/mol. The maximum Gasteiger partial charge on any atom is 0.0837 e.